The van der Waals surface area contributed by atoms with Crippen molar-refractivity contribution < 1.29 is 14.3 Å². The Labute approximate surface area is 134 Å². The summed E-state index contributed by atoms with van der Waals surface area (Å²) in [6.45, 7) is 4.05. The minimum atomic E-state index is -0.315. The molecule has 0 fully saturated rings. The molecule has 1 heterocycles. The number of aromatic nitrogens is 1. The van der Waals surface area contributed by atoms with Crippen molar-refractivity contribution in [1.82, 2.24) is 4.98 Å². The second-order valence-corrected chi connectivity index (χ2v) is 5.63. The molecule has 0 spiro atoms. The SMILES string of the molecule is CCOC(=O)c1c(C)ccnc1SCc1ccc(OC)cc1. The minimum Gasteiger partial charge on any atom is -0.497 e. The normalized spacial score (nSPS) is 10.3. The van der Waals surface area contributed by atoms with E-state index in [0.29, 0.717) is 17.2 Å². The van der Waals surface area contributed by atoms with Gasteiger partial charge in [0.2, 0.25) is 0 Å². The Morgan fingerprint density at radius 2 is 1.95 bits per heavy atom. The molecule has 0 atom stereocenters. The van der Waals surface area contributed by atoms with E-state index in [9.17, 15) is 4.79 Å². The summed E-state index contributed by atoms with van der Waals surface area (Å²) in [5.41, 5.74) is 2.58. The van der Waals surface area contributed by atoms with Gasteiger partial charge in [0.05, 0.1) is 19.3 Å². The predicted molar refractivity (Wildman–Crippen MR) is 87.5 cm³/mol. The van der Waals surface area contributed by atoms with Crippen LogP contribution in [0, 0.1) is 6.92 Å². The van der Waals surface area contributed by atoms with Crippen molar-refractivity contribution in [3.8, 4) is 5.75 Å². The molecule has 0 bridgehead atoms. The zero-order valence-corrected chi connectivity index (χ0v) is 13.8. The predicted octanol–water partition coefficient (Wildman–Crippen LogP) is 3.87. The van der Waals surface area contributed by atoms with Crippen molar-refractivity contribution in [3.63, 3.8) is 0 Å². The molecule has 1 aromatic heterocycles. The Morgan fingerprint density at radius 1 is 1.23 bits per heavy atom. The molecule has 0 aliphatic rings. The fourth-order valence-electron chi connectivity index (χ4n) is 1.97. The lowest BCUT2D eigenvalue weighted by Gasteiger charge is -2.10. The quantitative estimate of drug-likeness (QED) is 0.598. The van der Waals surface area contributed by atoms with Crippen LogP contribution in [-0.4, -0.2) is 24.7 Å². The third-order valence-electron chi connectivity index (χ3n) is 3.14. The van der Waals surface area contributed by atoms with Gasteiger partial charge >= 0.3 is 5.97 Å². The number of benzene rings is 1. The molecule has 0 saturated heterocycles. The summed E-state index contributed by atoms with van der Waals surface area (Å²) >= 11 is 1.53. The van der Waals surface area contributed by atoms with E-state index in [-0.39, 0.29) is 5.97 Å². The molecule has 2 aromatic rings. The van der Waals surface area contributed by atoms with Crippen molar-refractivity contribution in [2.45, 2.75) is 24.6 Å². The van der Waals surface area contributed by atoms with Crippen LogP contribution in [0.1, 0.15) is 28.4 Å². The van der Waals surface area contributed by atoms with Gasteiger partial charge in [-0.2, -0.15) is 0 Å². The van der Waals surface area contributed by atoms with Crippen LogP contribution in [0.3, 0.4) is 0 Å². The molecule has 0 saturated carbocycles. The summed E-state index contributed by atoms with van der Waals surface area (Å²) in [5, 5.41) is 0.703. The molecule has 2 rings (SSSR count). The van der Waals surface area contributed by atoms with Gasteiger partial charge in [0.1, 0.15) is 10.8 Å². The van der Waals surface area contributed by atoms with Crippen LogP contribution in [0.25, 0.3) is 0 Å². The van der Waals surface area contributed by atoms with Crippen LogP contribution in [0.5, 0.6) is 5.75 Å². The van der Waals surface area contributed by atoms with Gasteiger partial charge in [-0.25, -0.2) is 9.78 Å². The van der Waals surface area contributed by atoms with Crippen molar-refractivity contribution in [3.05, 3.63) is 53.2 Å². The topological polar surface area (TPSA) is 48.4 Å². The van der Waals surface area contributed by atoms with Gasteiger partial charge in [-0.05, 0) is 43.2 Å². The molecule has 0 unspecified atom stereocenters. The smallest absolute Gasteiger partial charge is 0.341 e. The van der Waals surface area contributed by atoms with E-state index < -0.39 is 0 Å². The summed E-state index contributed by atoms with van der Waals surface area (Å²) in [6, 6.07) is 9.68. The number of methoxy groups -OCH3 is 1. The first-order chi connectivity index (χ1) is 10.7. The Hall–Kier alpha value is -2.01. The summed E-state index contributed by atoms with van der Waals surface area (Å²) in [6.07, 6.45) is 1.72. The highest BCUT2D eigenvalue weighted by Crippen LogP contribution is 2.27. The third kappa shape index (κ3) is 4.01. The number of rotatable bonds is 6. The van der Waals surface area contributed by atoms with Gasteiger partial charge in [0.25, 0.3) is 0 Å². The molecule has 0 N–H and O–H groups in total. The number of hydrogen-bond donors (Lipinski definition) is 0. The van der Waals surface area contributed by atoms with Crippen molar-refractivity contribution >= 4 is 17.7 Å². The number of pyridine rings is 1. The number of nitrogens with zero attached hydrogens (tertiary/aromatic N) is 1. The highest BCUT2D eigenvalue weighted by atomic mass is 32.2. The van der Waals surface area contributed by atoms with Crippen molar-refractivity contribution in [2.75, 3.05) is 13.7 Å². The molecule has 0 aliphatic heterocycles. The summed E-state index contributed by atoms with van der Waals surface area (Å²) in [5.74, 6) is 1.24. The average Bonchev–Trinajstić information content (AvgIpc) is 2.53. The zero-order valence-electron chi connectivity index (χ0n) is 13.0. The van der Waals surface area contributed by atoms with Crippen LogP contribution in [0.2, 0.25) is 0 Å². The van der Waals surface area contributed by atoms with E-state index in [1.54, 1.807) is 20.2 Å². The van der Waals surface area contributed by atoms with Gasteiger partial charge in [-0.3, -0.25) is 0 Å². The lowest BCUT2D eigenvalue weighted by Crippen LogP contribution is -2.09. The summed E-state index contributed by atoms with van der Waals surface area (Å²) < 4.78 is 10.3. The third-order valence-corrected chi connectivity index (χ3v) is 4.20. The Balaban J connectivity index is 2.15. The van der Waals surface area contributed by atoms with E-state index in [1.165, 1.54) is 11.8 Å². The second kappa shape index (κ2) is 7.84. The van der Waals surface area contributed by atoms with Crippen molar-refractivity contribution in [2.24, 2.45) is 0 Å². The first-order valence-electron chi connectivity index (χ1n) is 7.04. The number of carbonyl (C=O) groups excluding carboxylic acids is 1. The maximum absolute atomic E-state index is 12.1. The molecule has 1 aromatic carbocycles. The molecular weight excluding hydrogens is 298 g/mol. The van der Waals surface area contributed by atoms with Gasteiger partial charge in [-0.15, -0.1) is 11.8 Å². The van der Waals surface area contributed by atoms with E-state index in [0.717, 1.165) is 22.6 Å². The molecular formula is C17H19NO3S. The maximum Gasteiger partial charge on any atom is 0.341 e. The average molecular weight is 317 g/mol. The monoisotopic (exact) mass is 317 g/mol. The van der Waals surface area contributed by atoms with Gasteiger partial charge in [-0.1, -0.05) is 12.1 Å². The molecule has 0 amide bonds. The second-order valence-electron chi connectivity index (χ2n) is 4.67. The maximum atomic E-state index is 12.1. The van der Waals surface area contributed by atoms with E-state index in [4.69, 9.17) is 9.47 Å². The first-order valence-corrected chi connectivity index (χ1v) is 8.02. The van der Waals surface area contributed by atoms with E-state index in [1.807, 2.05) is 37.3 Å². The molecule has 116 valence electrons. The number of ether oxygens (including phenoxy) is 2. The number of hydrogen-bond acceptors (Lipinski definition) is 5. The van der Waals surface area contributed by atoms with Crippen LogP contribution in [0.15, 0.2) is 41.6 Å². The summed E-state index contributed by atoms with van der Waals surface area (Å²) in [7, 11) is 1.64. The molecule has 0 aliphatic carbocycles. The van der Waals surface area contributed by atoms with Gasteiger partial charge in [0.15, 0.2) is 0 Å². The fraction of sp³-hybridized carbons (Fsp3) is 0.294. The number of thioether (sulfide) groups is 1. The molecule has 5 heteroatoms. The largest absolute Gasteiger partial charge is 0.497 e. The Kier molecular flexibility index (Phi) is 5.83. The minimum absolute atomic E-state index is 0.315. The Morgan fingerprint density at radius 3 is 2.59 bits per heavy atom. The van der Waals surface area contributed by atoms with Crippen LogP contribution >= 0.6 is 11.8 Å². The van der Waals surface area contributed by atoms with Gasteiger partial charge in [0, 0.05) is 11.9 Å². The zero-order chi connectivity index (χ0) is 15.9. The molecule has 22 heavy (non-hydrogen) atoms. The molecule has 4 nitrogen and oxygen atoms in total. The molecule has 0 radical (unpaired) electrons. The summed E-state index contributed by atoms with van der Waals surface area (Å²) in [4.78, 5) is 16.4. The Bertz CT molecular complexity index is 641. The number of esters is 1. The fourth-order valence-corrected chi connectivity index (χ4v) is 2.99. The number of carbonyl (C=O) groups is 1. The highest BCUT2D eigenvalue weighted by molar-refractivity contribution is 7.98. The number of aryl methyl sites for hydroxylation is 1. The lowest BCUT2D eigenvalue weighted by molar-refractivity contribution is 0.0520. The lowest BCUT2D eigenvalue weighted by atomic mass is 10.2. The van der Waals surface area contributed by atoms with Crippen LogP contribution < -0.4 is 4.74 Å². The van der Waals surface area contributed by atoms with Crippen LogP contribution in [-0.2, 0) is 10.5 Å². The van der Waals surface area contributed by atoms with E-state index in [2.05, 4.69) is 4.98 Å². The van der Waals surface area contributed by atoms with E-state index >= 15 is 0 Å². The van der Waals surface area contributed by atoms with Crippen molar-refractivity contribution in [1.29, 1.82) is 0 Å². The van der Waals surface area contributed by atoms with Crippen LogP contribution in [0.4, 0.5) is 0 Å². The first kappa shape index (κ1) is 16.4. The standard InChI is InChI=1S/C17H19NO3S/c1-4-21-17(19)15-12(2)9-10-18-16(15)22-11-13-5-7-14(20-3)8-6-13/h5-10H,4,11H2,1-3H3. The highest BCUT2D eigenvalue weighted by Gasteiger charge is 2.17. The van der Waals surface area contributed by atoms with Gasteiger partial charge < -0.3 is 9.47 Å².